The van der Waals surface area contributed by atoms with Gasteiger partial charge in [0.2, 0.25) is 5.91 Å². The van der Waals surface area contributed by atoms with Crippen molar-refractivity contribution in [2.45, 2.75) is 24.3 Å². The van der Waals surface area contributed by atoms with Crippen molar-refractivity contribution in [3.8, 4) is 0 Å². The molecule has 1 aromatic heterocycles. The van der Waals surface area contributed by atoms with E-state index in [-0.39, 0.29) is 24.2 Å². The van der Waals surface area contributed by atoms with E-state index in [4.69, 9.17) is 0 Å². The number of hydrogen-bond acceptors (Lipinski definition) is 5. The Kier molecular flexibility index (Phi) is 5.43. The summed E-state index contributed by atoms with van der Waals surface area (Å²) >= 11 is 1.58. The van der Waals surface area contributed by atoms with Crippen molar-refractivity contribution < 1.29 is 9.59 Å². The second-order valence-corrected chi connectivity index (χ2v) is 7.81. The first-order chi connectivity index (χ1) is 13.7. The van der Waals surface area contributed by atoms with Crippen LogP contribution in [0.25, 0.3) is 11.0 Å². The Morgan fingerprint density at radius 3 is 2.46 bits per heavy atom. The van der Waals surface area contributed by atoms with Gasteiger partial charge in [-0.05, 0) is 37.3 Å². The number of carbonyl (C=O) groups excluding carboxylic acids is 2. The van der Waals surface area contributed by atoms with Crippen LogP contribution in [0.5, 0.6) is 0 Å². The highest BCUT2D eigenvalue weighted by Gasteiger charge is 2.30. The molecule has 0 spiro atoms. The predicted molar refractivity (Wildman–Crippen MR) is 109 cm³/mol. The Bertz CT molecular complexity index is 983. The molecule has 3 aromatic rings. The third-order valence-corrected chi connectivity index (χ3v) is 5.92. The smallest absolute Gasteiger partial charge is 0.246 e. The van der Waals surface area contributed by atoms with Crippen molar-refractivity contribution in [1.29, 1.82) is 0 Å². The van der Waals surface area contributed by atoms with Gasteiger partial charge >= 0.3 is 0 Å². The van der Waals surface area contributed by atoms with Crippen molar-refractivity contribution in [1.82, 2.24) is 19.9 Å². The number of hydrogen-bond donors (Lipinski definition) is 0. The molecule has 4 rings (SSSR count). The number of ketones is 1. The van der Waals surface area contributed by atoms with Gasteiger partial charge < -0.3 is 4.90 Å². The fraction of sp³-hybridized carbons (Fsp3) is 0.333. The average molecular weight is 395 g/mol. The van der Waals surface area contributed by atoms with E-state index in [0.717, 1.165) is 34.3 Å². The third kappa shape index (κ3) is 3.80. The number of fused-ring (bicyclic) bond motifs is 1. The molecule has 2 heterocycles. The van der Waals surface area contributed by atoms with E-state index in [0.29, 0.717) is 13.1 Å². The van der Waals surface area contributed by atoms with Crippen LogP contribution in [-0.4, -0.2) is 50.9 Å². The molecular weight excluding hydrogens is 372 g/mol. The van der Waals surface area contributed by atoms with E-state index in [9.17, 15) is 9.59 Å². The fourth-order valence-corrected chi connectivity index (χ4v) is 4.29. The lowest BCUT2D eigenvalue weighted by molar-refractivity contribution is -0.133. The fourth-order valence-electron chi connectivity index (χ4n) is 3.68. The molecule has 1 unspecified atom stereocenters. The minimum absolute atomic E-state index is 0.0454. The number of piperidine rings is 1. The molecule has 1 aliphatic rings. The number of benzene rings is 2. The molecule has 1 amide bonds. The van der Waals surface area contributed by atoms with Crippen molar-refractivity contribution in [3.05, 3.63) is 54.1 Å². The Balaban J connectivity index is 1.45. The quantitative estimate of drug-likeness (QED) is 0.491. The number of rotatable bonds is 5. The molecule has 2 aromatic carbocycles. The molecular formula is C21H22N4O2S. The van der Waals surface area contributed by atoms with Crippen LogP contribution in [-0.2, 0) is 11.3 Å². The van der Waals surface area contributed by atoms with E-state index in [1.54, 1.807) is 16.7 Å². The first-order valence-electron chi connectivity index (χ1n) is 9.40. The summed E-state index contributed by atoms with van der Waals surface area (Å²) in [6.45, 7) is 1.23. The van der Waals surface area contributed by atoms with Crippen LogP contribution in [0.3, 0.4) is 0 Å². The first-order valence-corrected chi connectivity index (χ1v) is 10.6. The van der Waals surface area contributed by atoms with Crippen LogP contribution in [0.4, 0.5) is 0 Å². The lowest BCUT2D eigenvalue weighted by Gasteiger charge is -2.32. The van der Waals surface area contributed by atoms with Crippen LogP contribution in [0, 0.1) is 5.92 Å². The summed E-state index contributed by atoms with van der Waals surface area (Å²) in [5, 5.41) is 8.72. The maximum absolute atomic E-state index is 13.0. The van der Waals surface area contributed by atoms with E-state index < -0.39 is 0 Å². The summed E-state index contributed by atoms with van der Waals surface area (Å²) in [6.07, 6.45) is 3.62. The van der Waals surface area contributed by atoms with E-state index in [1.165, 1.54) is 4.80 Å². The third-order valence-electron chi connectivity index (χ3n) is 5.12. The number of nitrogens with zero attached hydrogens (tertiary/aromatic N) is 4. The monoisotopic (exact) mass is 394 g/mol. The zero-order valence-electron chi connectivity index (χ0n) is 15.7. The SMILES string of the molecule is CSc1ccccc1C(=O)C1CCCN(C(=O)Cn2nc3ccccc3n2)C1. The van der Waals surface area contributed by atoms with Crippen molar-refractivity contribution in [3.63, 3.8) is 0 Å². The Hall–Kier alpha value is -2.67. The number of likely N-dealkylation sites (tertiary alicyclic amines) is 1. The number of thioether (sulfide) groups is 1. The second-order valence-electron chi connectivity index (χ2n) is 6.96. The molecule has 0 radical (unpaired) electrons. The van der Waals surface area contributed by atoms with Crippen LogP contribution < -0.4 is 0 Å². The van der Waals surface area contributed by atoms with Gasteiger partial charge in [0, 0.05) is 29.5 Å². The highest BCUT2D eigenvalue weighted by atomic mass is 32.2. The van der Waals surface area contributed by atoms with Crippen molar-refractivity contribution in [2.24, 2.45) is 5.92 Å². The van der Waals surface area contributed by atoms with E-state index in [1.807, 2.05) is 54.8 Å². The zero-order valence-corrected chi connectivity index (χ0v) is 16.6. The molecule has 0 N–H and O–H groups in total. The van der Waals surface area contributed by atoms with Gasteiger partial charge in [-0.1, -0.05) is 30.3 Å². The molecule has 144 valence electrons. The zero-order chi connectivity index (χ0) is 19.5. The second kappa shape index (κ2) is 8.14. The largest absolute Gasteiger partial charge is 0.340 e. The van der Waals surface area contributed by atoms with Gasteiger partial charge in [-0.3, -0.25) is 9.59 Å². The van der Waals surface area contributed by atoms with Crippen molar-refractivity contribution in [2.75, 3.05) is 19.3 Å². The summed E-state index contributed by atoms with van der Waals surface area (Å²) in [6, 6.07) is 15.2. The molecule has 0 bridgehead atoms. The Morgan fingerprint density at radius 1 is 1.07 bits per heavy atom. The van der Waals surface area contributed by atoms with Gasteiger partial charge in [0.25, 0.3) is 0 Å². The number of amides is 1. The number of aromatic nitrogens is 3. The van der Waals surface area contributed by atoms with E-state index >= 15 is 0 Å². The minimum Gasteiger partial charge on any atom is -0.340 e. The van der Waals surface area contributed by atoms with Gasteiger partial charge in [-0.15, -0.1) is 11.8 Å². The molecule has 1 saturated heterocycles. The van der Waals surface area contributed by atoms with Gasteiger partial charge in [-0.25, -0.2) is 0 Å². The molecule has 6 nitrogen and oxygen atoms in total. The lowest BCUT2D eigenvalue weighted by Crippen LogP contribution is -2.44. The molecule has 1 fully saturated rings. The molecule has 1 atom stereocenters. The molecule has 7 heteroatoms. The number of Topliss-reactive ketones (excluding diaryl/α,β-unsaturated/α-hetero) is 1. The first kappa shape index (κ1) is 18.7. The summed E-state index contributed by atoms with van der Waals surface area (Å²) in [5.74, 6) is -0.0722. The van der Waals surface area contributed by atoms with Gasteiger partial charge in [0.1, 0.15) is 17.6 Å². The topological polar surface area (TPSA) is 68.1 Å². The van der Waals surface area contributed by atoms with Crippen LogP contribution >= 0.6 is 11.8 Å². The van der Waals surface area contributed by atoms with Gasteiger partial charge in [0.15, 0.2) is 5.78 Å². The van der Waals surface area contributed by atoms with Crippen LogP contribution in [0.1, 0.15) is 23.2 Å². The molecule has 0 aliphatic carbocycles. The predicted octanol–water partition coefficient (Wildman–Crippen LogP) is 3.27. The maximum Gasteiger partial charge on any atom is 0.246 e. The Labute approximate surface area is 167 Å². The summed E-state index contributed by atoms with van der Waals surface area (Å²) < 4.78 is 0. The molecule has 0 saturated carbocycles. The number of carbonyl (C=O) groups is 2. The maximum atomic E-state index is 13.0. The molecule has 28 heavy (non-hydrogen) atoms. The van der Waals surface area contributed by atoms with Gasteiger partial charge in [-0.2, -0.15) is 15.0 Å². The summed E-state index contributed by atoms with van der Waals surface area (Å²) in [4.78, 5) is 30.0. The van der Waals surface area contributed by atoms with Gasteiger partial charge in [0.05, 0.1) is 0 Å². The highest BCUT2D eigenvalue weighted by molar-refractivity contribution is 7.98. The van der Waals surface area contributed by atoms with Crippen LogP contribution in [0.15, 0.2) is 53.4 Å². The summed E-state index contributed by atoms with van der Waals surface area (Å²) in [5.41, 5.74) is 2.31. The Morgan fingerprint density at radius 2 is 1.75 bits per heavy atom. The average Bonchev–Trinajstić information content (AvgIpc) is 3.15. The standard InChI is InChI=1S/C21H22N4O2S/c1-28-19-11-5-2-8-16(19)21(27)15-7-6-12-24(13-15)20(26)14-25-22-17-9-3-4-10-18(17)23-25/h2-5,8-11,15H,6-7,12-14H2,1H3. The summed E-state index contributed by atoms with van der Waals surface area (Å²) in [7, 11) is 0. The van der Waals surface area contributed by atoms with Crippen LogP contribution in [0.2, 0.25) is 0 Å². The minimum atomic E-state index is -0.157. The lowest BCUT2D eigenvalue weighted by atomic mass is 9.90. The molecule has 1 aliphatic heterocycles. The normalized spacial score (nSPS) is 17.0. The van der Waals surface area contributed by atoms with Crippen molar-refractivity contribution >= 4 is 34.5 Å². The van der Waals surface area contributed by atoms with E-state index in [2.05, 4.69) is 10.2 Å². The highest BCUT2D eigenvalue weighted by Crippen LogP contribution is 2.27.